The highest BCUT2D eigenvalue weighted by Crippen LogP contribution is 2.66. The van der Waals surface area contributed by atoms with E-state index < -0.39 is 0 Å². The van der Waals surface area contributed by atoms with Crippen molar-refractivity contribution >= 4 is 21.5 Å². The van der Waals surface area contributed by atoms with E-state index in [-0.39, 0.29) is 10.8 Å². The molecule has 1 heterocycles. The largest absolute Gasteiger partial charge is 0.208 e. The van der Waals surface area contributed by atoms with Crippen molar-refractivity contribution in [3.63, 3.8) is 0 Å². The van der Waals surface area contributed by atoms with Gasteiger partial charge >= 0.3 is 0 Å². The minimum absolute atomic E-state index is 0.223. The van der Waals surface area contributed by atoms with E-state index in [0.29, 0.717) is 23.0 Å². The third-order valence-electron chi connectivity index (χ3n) is 14.6. The Labute approximate surface area is 362 Å². The third-order valence-corrected chi connectivity index (χ3v) is 14.6. The highest BCUT2D eigenvalue weighted by atomic mass is 15.0. The molecule has 4 aliphatic carbocycles. The average molecular weight is 797 g/mol. The lowest BCUT2D eigenvalue weighted by Gasteiger charge is -2.63. The Kier molecular flexibility index (Phi) is 8.54. The second-order valence-electron chi connectivity index (χ2n) is 18.3. The van der Waals surface area contributed by atoms with Gasteiger partial charge in [-0.15, -0.1) is 0 Å². The van der Waals surface area contributed by atoms with Gasteiger partial charge in [0.1, 0.15) is 0 Å². The number of fused-ring (bicyclic) bond motifs is 2. The maximum absolute atomic E-state index is 9.26. The molecule has 0 aliphatic heterocycles. The van der Waals surface area contributed by atoms with Gasteiger partial charge in [-0.3, -0.25) is 0 Å². The first-order chi connectivity index (χ1) is 30.5. The first-order valence-corrected chi connectivity index (χ1v) is 22.1. The molecule has 4 fully saturated rings. The van der Waals surface area contributed by atoms with Crippen LogP contribution < -0.4 is 0 Å². The lowest BCUT2D eigenvalue weighted by molar-refractivity contribution is -0.0281. The Morgan fingerprint density at radius 1 is 0.403 bits per heavy atom. The summed E-state index contributed by atoms with van der Waals surface area (Å²) in [7, 11) is 0. The summed E-state index contributed by atoms with van der Waals surface area (Å²) in [5.41, 5.74) is 11.9. The molecule has 296 valence electrons. The predicted octanol–water partition coefficient (Wildman–Crippen LogP) is 14.2. The molecule has 0 radical (unpaired) electrons. The molecule has 0 spiro atoms. The van der Waals surface area contributed by atoms with Gasteiger partial charge < -0.3 is 0 Å². The van der Waals surface area contributed by atoms with E-state index in [2.05, 4.69) is 176 Å². The van der Waals surface area contributed by atoms with Gasteiger partial charge in [-0.05, 0) is 128 Å². The minimum Gasteiger partial charge on any atom is -0.208 e. The number of aromatic nitrogens is 3. The first-order valence-electron chi connectivity index (χ1n) is 22.1. The molecule has 0 amide bonds. The summed E-state index contributed by atoms with van der Waals surface area (Å²) in [6.45, 7) is 0. The zero-order valence-electron chi connectivity index (χ0n) is 34.5. The topological polar surface area (TPSA) is 62.5 Å². The summed E-state index contributed by atoms with van der Waals surface area (Å²) in [6, 6.07) is 67.5. The summed E-state index contributed by atoms with van der Waals surface area (Å²) in [5.74, 6) is 3.55. The second-order valence-corrected chi connectivity index (χ2v) is 18.3. The van der Waals surface area contributed by atoms with Gasteiger partial charge in [0, 0.05) is 16.7 Å². The van der Waals surface area contributed by atoms with Crippen LogP contribution in [0.4, 0.5) is 0 Å². The SMILES string of the molecule is N#Cc1ccc(-c2ccc(C34CC5CC(C3)CC(c3ccc(-c6ccc(-c7nc(-c8cccc9ccccc89)nc(-c8cccc9ccccc89)n7)cc6)cc3)(C5)C4)cc2)cc1. The zero-order chi connectivity index (χ0) is 41.3. The van der Waals surface area contributed by atoms with Crippen molar-refractivity contribution in [1.82, 2.24) is 15.0 Å². The van der Waals surface area contributed by atoms with Gasteiger partial charge in [0.15, 0.2) is 17.5 Å². The molecule has 2 unspecified atom stereocenters. The van der Waals surface area contributed by atoms with E-state index in [9.17, 15) is 5.26 Å². The van der Waals surface area contributed by atoms with Crippen molar-refractivity contribution in [3.05, 3.63) is 199 Å². The maximum atomic E-state index is 9.26. The fraction of sp³-hybridized carbons (Fsp3) is 0.172. The van der Waals surface area contributed by atoms with Gasteiger partial charge in [-0.25, -0.2) is 15.0 Å². The van der Waals surface area contributed by atoms with Gasteiger partial charge in [0.25, 0.3) is 0 Å². The van der Waals surface area contributed by atoms with Gasteiger partial charge in [-0.2, -0.15) is 5.26 Å². The van der Waals surface area contributed by atoms with Crippen molar-refractivity contribution in [1.29, 1.82) is 5.26 Å². The molecular formula is C58H44N4. The molecule has 0 saturated heterocycles. The molecule has 4 heteroatoms. The Bertz CT molecular complexity index is 3070. The molecule has 8 aromatic carbocycles. The number of nitrogens with zero attached hydrogens (tertiary/aromatic N) is 4. The number of nitriles is 1. The Hall–Kier alpha value is -7.22. The summed E-state index contributed by atoms with van der Waals surface area (Å²) in [5, 5.41) is 13.8. The smallest absolute Gasteiger partial charge is 0.164 e. The second kappa shape index (κ2) is 14.5. The van der Waals surface area contributed by atoms with Crippen LogP contribution in [0.25, 0.3) is 78.0 Å². The van der Waals surface area contributed by atoms with Gasteiger partial charge in [-0.1, -0.05) is 170 Å². The summed E-state index contributed by atoms with van der Waals surface area (Å²) < 4.78 is 0. The van der Waals surface area contributed by atoms with Crippen molar-refractivity contribution in [2.75, 3.05) is 0 Å². The van der Waals surface area contributed by atoms with Crippen LogP contribution in [0.5, 0.6) is 0 Å². The quantitative estimate of drug-likeness (QED) is 0.161. The molecule has 4 bridgehead atoms. The van der Waals surface area contributed by atoms with Crippen LogP contribution in [-0.4, -0.2) is 15.0 Å². The van der Waals surface area contributed by atoms with Gasteiger partial charge in [0.05, 0.1) is 11.6 Å². The lowest BCUT2D eigenvalue weighted by atomic mass is 9.41. The monoisotopic (exact) mass is 796 g/mol. The average Bonchev–Trinajstić information content (AvgIpc) is 3.33. The number of rotatable bonds is 7. The van der Waals surface area contributed by atoms with E-state index in [1.165, 1.54) is 66.3 Å². The lowest BCUT2D eigenvalue weighted by Crippen LogP contribution is -2.55. The molecule has 4 aliphatic rings. The number of hydrogen-bond acceptors (Lipinski definition) is 4. The molecule has 1 aromatic heterocycles. The minimum atomic E-state index is 0.223. The molecule has 0 N–H and O–H groups in total. The van der Waals surface area contributed by atoms with Crippen molar-refractivity contribution < 1.29 is 0 Å². The molecular weight excluding hydrogens is 753 g/mol. The molecule has 9 aromatic rings. The van der Waals surface area contributed by atoms with E-state index in [4.69, 9.17) is 15.0 Å². The maximum Gasteiger partial charge on any atom is 0.164 e. The summed E-state index contributed by atoms with van der Waals surface area (Å²) >= 11 is 0. The van der Waals surface area contributed by atoms with Gasteiger partial charge in [0.2, 0.25) is 0 Å². The van der Waals surface area contributed by atoms with Crippen LogP contribution in [0.2, 0.25) is 0 Å². The van der Waals surface area contributed by atoms with Crippen molar-refractivity contribution in [2.45, 2.75) is 49.4 Å². The standard InChI is InChI=1S/C58H44N4/c59-36-38-15-17-41(18-16-38)43-23-27-48(28-24-43)57-32-39-31-40(33-57)35-58(34-39,37-57)49-29-25-44(26-30-49)42-19-21-47(22-20-42)54-60-55(52-13-5-9-45-7-1-3-11-50(45)52)62-56(61-54)53-14-6-10-46-8-2-4-12-51(46)53/h1-30,39-40H,31-35,37H2. The van der Waals surface area contributed by atoms with E-state index in [0.717, 1.165) is 55.6 Å². The van der Waals surface area contributed by atoms with Crippen LogP contribution in [0.3, 0.4) is 0 Å². The Balaban J connectivity index is 0.849. The predicted molar refractivity (Wildman–Crippen MR) is 251 cm³/mol. The fourth-order valence-corrected chi connectivity index (χ4v) is 12.1. The number of benzene rings is 8. The highest BCUT2D eigenvalue weighted by Gasteiger charge is 2.58. The third kappa shape index (κ3) is 6.22. The van der Waals surface area contributed by atoms with Crippen LogP contribution in [0, 0.1) is 23.2 Å². The molecule has 13 rings (SSSR count). The number of hydrogen-bond donors (Lipinski definition) is 0. The molecule has 62 heavy (non-hydrogen) atoms. The van der Waals surface area contributed by atoms with E-state index in [1.807, 2.05) is 12.1 Å². The van der Waals surface area contributed by atoms with Crippen LogP contribution in [0.1, 0.15) is 55.2 Å². The molecule has 4 nitrogen and oxygen atoms in total. The Morgan fingerprint density at radius 3 is 1.26 bits per heavy atom. The normalized spacial score (nSPS) is 21.3. The fourth-order valence-electron chi connectivity index (χ4n) is 12.1. The molecule has 2 atom stereocenters. The van der Waals surface area contributed by atoms with Crippen LogP contribution >= 0.6 is 0 Å². The van der Waals surface area contributed by atoms with Crippen LogP contribution in [-0.2, 0) is 10.8 Å². The van der Waals surface area contributed by atoms with Crippen LogP contribution in [0.15, 0.2) is 182 Å². The first kappa shape index (κ1) is 36.6. The molecule has 4 saturated carbocycles. The Morgan fingerprint density at radius 2 is 0.790 bits per heavy atom. The van der Waals surface area contributed by atoms with E-state index >= 15 is 0 Å². The zero-order valence-corrected chi connectivity index (χ0v) is 34.5. The highest BCUT2D eigenvalue weighted by molar-refractivity contribution is 5.97. The summed E-state index contributed by atoms with van der Waals surface area (Å²) in [4.78, 5) is 15.5. The summed E-state index contributed by atoms with van der Waals surface area (Å²) in [6.07, 6.45) is 7.82. The van der Waals surface area contributed by atoms with Crippen molar-refractivity contribution in [2.24, 2.45) is 11.8 Å². The van der Waals surface area contributed by atoms with E-state index in [1.54, 1.807) is 0 Å². The van der Waals surface area contributed by atoms with Crippen molar-refractivity contribution in [3.8, 4) is 62.5 Å².